The van der Waals surface area contributed by atoms with E-state index in [2.05, 4.69) is 21.2 Å². The van der Waals surface area contributed by atoms with Gasteiger partial charge in [-0.25, -0.2) is 4.39 Å². The normalized spacial score (nSPS) is 12.8. The summed E-state index contributed by atoms with van der Waals surface area (Å²) in [7, 11) is 0. The number of rotatable bonds is 5. The Balaban J connectivity index is 2.53. The summed E-state index contributed by atoms with van der Waals surface area (Å²) < 4.78 is 14.2. The predicted octanol–water partition coefficient (Wildman–Crippen LogP) is 2.45. The van der Waals surface area contributed by atoms with Gasteiger partial charge in [-0.2, -0.15) is 0 Å². The van der Waals surface area contributed by atoms with Gasteiger partial charge in [-0.1, -0.05) is 15.9 Å². The number of halogens is 2. The standard InChI is InChI=1S/C11H15BrFNO/c1-8(4-5-15)14-7-9-6-10(12)2-3-11(9)13/h2-3,6,8,14-15H,4-5,7H2,1H3. The zero-order valence-electron chi connectivity index (χ0n) is 8.63. The molecule has 1 aromatic rings. The van der Waals surface area contributed by atoms with E-state index in [0.29, 0.717) is 18.5 Å². The van der Waals surface area contributed by atoms with Crippen molar-refractivity contribution in [3.05, 3.63) is 34.1 Å². The Hall–Kier alpha value is -0.450. The van der Waals surface area contributed by atoms with Crippen LogP contribution < -0.4 is 5.32 Å². The second-order valence-corrected chi connectivity index (χ2v) is 4.45. The number of aliphatic hydroxyl groups excluding tert-OH is 1. The molecule has 0 saturated heterocycles. The SMILES string of the molecule is CC(CCO)NCc1cc(Br)ccc1F. The van der Waals surface area contributed by atoms with Gasteiger partial charge in [0.25, 0.3) is 0 Å². The molecule has 2 N–H and O–H groups in total. The molecule has 0 aliphatic heterocycles. The van der Waals surface area contributed by atoms with Crippen molar-refractivity contribution in [2.45, 2.75) is 25.9 Å². The van der Waals surface area contributed by atoms with Crippen LogP contribution in [0.25, 0.3) is 0 Å². The first kappa shape index (κ1) is 12.6. The Kier molecular flexibility index (Phi) is 5.22. The van der Waals surface area contributed by atoms with E-state index in [9.17, 15) is 4.39 Å². The molecule has 0 heterocycles. The highest BCUT2D eigenvalue weighted by atomic mass is 79.9. The number of nitrogens with one attached hydrogen (secondary N) is 1. The molecule has 0 radical (unpaired) electrons. The molecule has 84 valence electrons. The molecule has 0 saturated carbocycles. The third-order valence-corrected chi connectivity index (χ3v) is 2.70. The minimum atomic E-state index is -0.207. The molecular weight excluding hydrogens is 261 g/mol. The predicted molar refractivity (Wildman–Crippen MR) is 62.1 cm³/mol. The molecule has 15 heavy (non-hydrogen) atoms. The van der Waals surface area contributed by atoms with E-state index in [1.807, 2.05) is 6.92 Å². The third kappa shape index (κ3) is 4.28. The summed E-state index contributed by atoms with van der Waals surface area (Å²) in [4.78, 5) is 0. The van der Waals surface area contributed by atoms with Crippen molar-refractivity contribution in [2.75, 3.05) is 6.61 Å². The lowest BCUT2D eigenvalue weighted by Gasteiger charge is -2.12. The summed E-state index contributed by atoms with van der Waals surface area (Å²) in [6, 6.07) is 5.07. The van der Waals surface area contributed by atoms with Crippen molar-refractivity contribution in [3.63, 3.8) is 0 Å². The maximum absolute atomic E-state index is 13.3. The average Bonchev–Trinajstić information content (AvgIpc) is 2.20. The fourth-order valence-electron chi connectivity index (χ4n) is 1.26. The van der Waals surface area contributed by atoms with Crippen molar-refractivity contribution in [3.8, 4) is 0 Å². The average molecular weight is 276 g/mol. The van der Waals surface area contributed by atoms with Gasteiger partial charge in [0, 0.05) is 29.2 Å². The molecule has 1 rings (SSSR count). The van der Waals surface area contributed by atoms with Crippen LogP contribution in [0.15, 0.2) is 22.7 Å². The molecule has 0 fully saturated rings. The molecule has 1 atom stereocenters. The smallest absolute Gasteiger partial charge is 0.127 e. The molecule has 4 heteroatoms. The van der Waals surface area contributed by atoms with Crippen molar-refractivity contribution in [1.29, 1.82) is 0 Å². The lowest BCUT2D eigenvalue weighted by molar-refractivity contribution is 0.268. The summed E-state index contributed by atoms with van der Waals surface area (Å²) in [6.07, 6.45) is 0.676. The molecule has 1 unspecified atom stereocenters. The van der Waals surface area contributed by atoms with Crippen LogP contribution in [0.3, 0.4) is 0 Å². The van der Waals surface area contributed by atoms with E-state index in [-0.39, 0.29) is 18.5 Å². The van der Waals surface area contributed by atoms with E-state index < -0.39 is 0 Å². The Morgan fingerprint density at radius 3 is 2.93 bits per heavy atom. The summed E-state index contributed by atoms with van der Waals surface area (Å²) in [5.74, 6) is -0.207. The molecular formula is C11H15BrFNO. The van der Waals surface area contributed by atoms with Crippen LogP contribution in [-0.2, 0) is 6.54 Å². The van der Waals surface area contributed by atoms with Crippen LogP contribution in [0.2, 0.25) is 0 Å². The molecule has 0 bridgehead atoms. The van der Waals surface area contributed by atoms with Crippen LogP contribution >= 0.6 is 15.9 Å². The van der Waals surface area contributed by atoms with Gasteiger partial charge in [0.1, 0.15) is 5.82 Å². The first-order chi connectivity index (χ1) is 7.13. The third-order valence-electron chi connectivity index (χ3n) is 2.21. The summed E-state index contributed by atoms with van der Waals surface area (Å²) >= 11 is 3.30. The van der Waals surface area contributed by atoms with E-state index in [1.54, 1.807) is 12.1 Å². The van der Waals surface area contributed by atoms with Crippen LogP contribution in [0.1, 0.15) is 18.9 Å². The van der Waals surface area contributed by atoms with E-state index >= 15 is 0 Å². The van der Waals surface area contributed by atoms with Gasteiger partial charge in [0.2, 0.25) is 0 Å². The van der Waals surface area contributed by atoms with Crippen LogP contribution in [0.4, 0.5) is 4.39 Å². The molecule has 0 aliphatic carbocycles. The summed E-state index contributed by atoms with van der Waals surface area (Å²) in [5, 5.41) is 11.9. The van der Waals surface area contributed by atoms with Gasteiger partial charge >= 0.3 is 0 Å². The molecule has 0 aromatic heterocycles. The Morgan fingerprint density at radius 1 is 1.53 bits per heavy atom. The van der Waals surface area contributed by atoms with Crippen molar-refractivity contribution in [2.24, 2.45) is 0 Å². The van der Waals surface area contributed by atoms with Gasteiger partial charge in [0.15, 0.2) is 0 Å². The Labute approximate surface area is 97.6 Å². The van der Waals surface area contributed by atoms with Crippen LogP contribution in [-0.4, -0.2) is 17.8 Å². The number of benzene rings is 1. The fraction of sp³-hybridized carbons (Fsp3) is 0.455. The number of hydrogen-bond donors (Lipinski definition) is 2. The molecule has 1 aromatic carbocycles. The maximum atomic E-state index is 13.3. The lowest BCUT2D eigenvalue weighted by atomic mass is 10.2. The highest BCUT2D eigenvalue weighted by Gasteiger charge is 2.05. The van der Waals surface area contributed by atoms with Gasteiger partial charge in [-0.15, -0.1) is 0 Å². The maximum Gasteiger partial charge on any atom is 0.127 e. The Morgan fingerprint density at radius 2 is 2.27 bits per heavy atom. The topological polar surface area (TPSA) is 32.3 Å². The summed E-state index contributed by atoms with van der Waals surface area (Å²) in [6.45, 7) is 2.59. The Bertz CT molecular complexity index is 319. The quantitative estimate of drug-likeness (QED) is 0.865. The van der Waals surface area contributed by atoms with Gasteiger partial charge in [-0.05, 0) is 31.5 Å². The van der Waals surface area contributed by atoms with Crippen molar-refractivity contribution in [1.82, 2.24) is 5.32 Å². The highest BCUT2D eigenvalue weighted by Crippen LogP contribution is 2.15. The monoisotopic (exact) mass is 275 g/mol. The van der Waals surface area contributed by atoms with E-state index in [0.717, 1.165) is 4.47 Å². The zero-order chi connectivity index (χ0) is 11.3. The second kappa shape index (κ2) is 6.20. The zero-order valence-corrected chi connectivity index (χ0v) is 10.2. The largest absolute Gasteiger partial charge is 0.396 e. The van der Waals surface area contributed by atoms with Crippen LogP contribution in [0.5, 0.6) is 0 Å². The first-order valence-electron chi connectivity index (χ1n) is 4.91. The minimum Gasteiger partial charge on any atom is -0.396 e. The van der Waals surface area contributed by atoms with Crippen molar-refractivity contribution < 1.29 is 9.50 Å². The first-order valence-corrected chi connectivity index (χ1v) is 5.71. The summed E-state index contributed by atoms with van der Waals surface area (Å²) in [5.41, 5.74) is 0.633. The number of aliphatic hydroxyl groups is 1. The van der Waals surface area contributed by atoms with Crippen LogP contribution in [0, 0.1) is 5.82 Å². The molecule has 0 aliphatic rings. The highest BCUT2D eigenvalue weighted by molar-refractivity contribution is 9.10. The van der Waals surface area contributed by atoms with Crippen molar-refractivity contribution >= 4 is 15.9 Å². The van der Waals surface area contributed by atoms with Gasteiger partial charge in [0.05, 0.1) is 0 Å². The van der Waals surface area contributed by atoms with E-state index in [4.69, 9.17) is 5.11 Å². The number of hydrogen-bond acceptors (Lipinski definition) is 2. The second-order valence-electron chi connectivity index (χ2n) is 3.53. The van der Waals surface area contributed by atoms with E-state index in [1.165, 1.54) is 6.07 Å². The molecule has 2 nitrogen and oxygen atoms in total. The minimum absolute atomic E-state index is 0.148. The molecule has 0 spiro atoms. The fourth-order valence-corrected chi connectivity index (χ4v) is 1.67. The van der Waals surface area contributed by atoms with Gasteiger partial charge < -0.3 is 10.4 Å². The van der Waals surface area contributed by atoms with Gasteiger partial charge in [-0.3, -0.25) is 0 Å². The molecule has 0 amide bonds. The lowest BCUT2D eigenvalue weighted by Crippen LogP contribution is -2.26.